The SMILES string of the molecule is CC(C)CN(c1ccc(-c2cc(F)ccc2C(=O)O)cc1NC(=O)Nc1ccccc1F)C1CCCCC1. The average molecular weight is 522 g/mol. The van der Waals surface area contributed by atoms with Crippen LogP contribution in [0.4, 0.5) is 30.6 Å². The molecule has 3 aromatic rings. The van der Waals surface area contributed by atoms with E-state index >= 15 is 0 Å². The Morgan fingerprint density at radius 1 is 0.947 bits per heavy atom. The van der Waals surface area contributed by atoms with E-state index in [1.807, 2.05) is 6.07 Å². The molecule has 6 nitrogen and oxygen atoms in total. The van der Waals surface area contributed by atoms with Crippen molar-refractivity contribution >= 4 is 29.1 Å². The summed E-state index contributed by atoms with van der Waals surface area (Å²) in [5, 5.41) is 15.1. The van der Waals surface area contributed by atoms with Gasteiger partial charge in [-0.1, -0.05) is 51.3 Å². The molecule has 1 saturated carbocycles. The Labute approximate surface area is 221 Å². The Bertz CT molecular complexity index is 1310. The number of carbonyl (C=O) groups is 2. The van der Waals surface area contributed by atoms with E-state index in [1.54, 1.807) is 18.2 Å². The van der Waals surface area contributed by atoms with Gasteiger partial charge in [-0.15, -0.1) is 0 Å². The highest BCUT2D eigenvalue weighted by molar-refractivity contribution is 6.03. The van der Waals surface area contributed by atoms with Crippen LogP contribution in [0.2, 0.25) is 0 Å². The van der Waals surface area contributed by atoms with Gasteiger partial charge in [-0.3, -0.25) is 0 Å². The maximum atomic E-state index is 14.2. The van der Waals surface area contributed by atoms with Crippen LogP contribution in [0.1, 0.15) is 56.3 Å². The van der Waals surface area contributed by atoms with Crippen molar-refractivity contribution in [3.8, 4) is 11.1 Å². The number of nitrogens with one attached hydrogen (secondary N) is 2. The number of urea groups is 1. The Balaban J connectivity index is 1.78. The van der Waals surface area contributed by atoms with Crippen LogP contribution in [-0.4, -0.2) is 29.7 Å². The van der Waals surface area contributed by atoms with Crippen LogP contribution in [0.25, 0.3) is 11.1 Å². The van der Waals surface area contributed by atoms with Gasteiger partial charge in [0.1, 0.15) is 11.6 Å². The van der Waals surface area contributed by atoms with Crippen LogP contribution in [0, 0.1) is 17.6 Å². The van der Waals surface area contributed by atoms with Gasteiger partial charge < -0.3 is 20.6 Å². The molecule has 0 atom stereocenters. The predicted molar refractivity (Wildman–Crippen MR) is 147 cm³/mol. The zero-order chi connectivity index (χ0) is 27.2. The van der Waals surface area contributed by atoms with Crippen molar-refractivity contribution in [2.75, 3.05) is 22.1 Å². The van der Waals surface area contributed by atoms with Crippen LogP contribution >= 0.6 is 0 Å². The number of carboxylic acid groups (broad SMARTS) is 1. The minimum atomic E-state index is -1.18. The second kappa shape index (κ2) is 12.1. The van der Waals surface area contributed by atoms with Crippen molar-refractivity contribution in [2.24, 2.45) is 5.92 Å². The molecule has 0 unspecified atom stereocenters. The first-order chi connectivity index (χ1) is 18.2. The third-order valence-corrected chi connectivity index (χ3v) is 6.78. The van der Waals surface area contributed by atoms with Gasteiger partial charge in [0.05, 0.1) is 22.6 Å². The van der Waals surface area contributed by atoms with Gasteiger partial charge in [0, 0.05) is 12.6 Å². The van der Waals surface area contributed by atoms with E-state index in [4.69, 9.17) is 0 Å². The highest BCUT2D eigenvalue weighted by atomic mass is 19.1. The zero-order valence-corrected chi connectivity index (χ0v) is 21.6. The summed E-state index contributed by atoms with van der Waals surface area (Å²) in [6, 6.07) is 14.3. The molecule has 2 amide bonds. The van der Waals surface area contributed by atoms with Gasteiger partial charge in [-0.2, -0.15) is 0 Å². The largest absolute Gasteiger partial charge is 0.478 e. The second-order valence-corrected chi connectivity index (χ2v) is 10.1. The van der Waals surface area contributed by atoms with Crippen molar-refractivity contribution in [1.29, 1.82) is 0 Å². The molecule has 0 radical (unpaired) electrons. The molecule has 3 N–H and O–H groups in total. The maximum absolute atomic E-state index is 14.2. The average Bonchev–Trinajstić information content (AvgIpc) is 2.89. The van der Waals surface area contributed by atoms with Gasteiger partial charge in [-0.25, -0.2) is 18.4 Å². The maximum Gasteiger partial charge on any atom is 0.336 e. The van der Waals surface area contributed by atoms with E-state index in [9.17, 15) is 23.5 Å². The molecule has 0 aromatic heterocycles. The van der Waals surface area contributed by atoms with Crippen molar-refractivity contribution < 1.29 is 23.5 Å². The molecule has 1 fully saturated rings. The molecule has 0 bridgehead atoms. The van der Waals surface area contributed by atoms with Gasteiger partial charge in [0.25, 0.3) is 0 Å². The number of halogens is 2. The van der Waals surface area contributed by atoms with Gasteiger partial charge in [0.15, 0.2) is 0 Å². The Kier molecular flexibility index (Phi) is 8.61. The fraction of sp³-hybridized carbons (Fsp3) is 0.333. The number of aromatic carboxylic acids is 1. The first-order valence-corrected chi connectivity index (χ1v) is 13.0. The lowest BCUT2D eigenvalue weighted by molar-refractivity contribution is 0.0697. The number of carboxylic acids is 1. The van der Waals surface area contributed by atoms with Gasteiger partial charge >= 0.3 is 12.0 Å². The second-order valence-electron chi connectivity index (χ2n) is 10.1. The number of rotatable bonds is 8. The van der Waals surface area contributed by atoms with Crippen LogP contribution in [0.5, 0.6) is 0 Å². The molecule has 0 aliphatic heterocycles. The Hall–Kier alpha value is -3.94. The number of carbonyl (C=O) groups excluding carboxylic acids is 1. The number of hydrogen-bond donors (Lipinski definition) is 3. The molecule has 0 saturated heterocycles. The van der Waals surface area contributed by atoms with E-state index in [0.717, 1.165) is 44.0 Å². The molecular weight excluding hydrogens is 488 g/mol. The van der Waals surface area contributed by atoms with E-state index in [1.165, 1.54) is 36.8 Å². The number of anilines is 3. The lowest BCUT2D eigenvalue weighted by Crippen LogP contribution is -2.40. The third kappa shape index (κ3) is 6.49. The van der Waals surface area contributed by atoms with Gasteiger partial charge in [-0.05, 0) is 72.4 Å². The summed E-state index contributed by atoms with van der Waals surface area (Å²) in [4.78, 5) is 27.2. The molecule has 200 valence electrons. The standard InChI is InChI=1S/C30H33F2N3O3/c1-19(2)18-35(22-8-4-3-5-9-22)28-15-12-20(24-17-21(31)13-14-23(24)29(36)37)16-27(28)34-30(38)33-26-11-7-6-10-25(26)32/h6-7,10-17,19,22H,3-5,8-9,18H2,1-2H3,(H,36,37)(H2,33,34,38). The quantitative estimate of drug-likeness (QED) is 0.283. The molecule has 1 aliphatic carbocycles. The summed E-state index contributed by atoms with van der Waals surface area (Å²) in [5.74, 6) is -1.96. The number of nitrogens with zero attached hydrogens (tertiary/aromatic N) is 1. The minimum absolute atomic E-state index is 0.0346. The van der Waals surface area contributed by atoms with E-state index < -0.39 is 23.6 Å². The molecular formula is C30H33F2N3O3. The molecule has 0 spiro atoms. The van der Waals surface area contributed by atoms with E-state index in [0.29, 0.717) is 17.2 Å². The monoisotopic (exact) mass is 521 g/mol. The number of hydrogen-bond acceptors (Lipinski definition) is 3. The van der Waals surface area contributed by atoms with Crippen LogP contribution in [-0.2, 0) is 0 Å². The Morgan fingerprint density at radius 3 is 2.34 bits per heavy atom. The van der Waals surface area contributed by atoms with E-state index in [2.05, 4.69) is 29.4 Å². The summed E-state index contributed by atoms with van der Waals surface area (Å²) in [6.07, 6.45) is 5.50. The summed E-state index contributed by atoms with van der Waals surface area (Å²) >= 11 is 0. The fourth-order valence-electron chi connectivity index (χ4n) is 5.06. The molecule has 8 heteroatoms. The Morgan fingerprint density at radius 2 is 1.66 bits per heavy atom. The molecule has 4 rings (SSSR count). The molecule has 0 heterocycles. The molecule has 38 heavy (non-hydrogen) atoms. The summed E-state index contributed by atoms with van der Waals surface area (Å²) in [6.45, 7) is 5.02. The van der Waals surface area contributed by atoms with Crippen molar-refractivity contribution in [3.63, 3.8) is 0 Å². The summed E-state index contributed by atoms with van der Waals surface area (Å²) < 4.78 is 28.3. The lowest BCUT2D eigenvalue weighted by Gasteiger charge is -2.38. The predicted octanol–water partition coefficient (Wildman–Crippen LogP) is 7.77. The van der Waals surface area contributed by atoms with Crippen LogP contribution in [0.3, 0.4) is 0 Å². The number of benzene rings is 3. The number of para-hydroxylation sites is 1. The first-order valence-electron chi connectivity index (χ1n) is 13.0. The third-order valence-electron chi connectivity index (χ3n) is 6.78. The van der Waals surface area contributed by atoms with Gasteiger partial charge in [0.2, 0.25) is 0 Å². The van der Waals surface area contributed by atoms with Crippen LogP contribution < -0.4 is 15.5 Å². The first kappa shape index (κ1) is 27.1. The minimum Gasteiger partial charge on any atom is -0.478 e. The van der Waals surface area contributed by atoms with Crippen molar-refractivity contribution in [3.05, 3.63) is 77.9 Å². The molecule has 1 aliphatic rings. The summed E-state index contributed by atoms with van der Waals surface area (Å²) in [7, 11) is 0. The summed E-state index contributed by atoms with van der Waals surface area (Å²) in [5.41, 5.74) is 1.85. The normalized spacial score (nSPS) is 13.8. The van der Waals surface area contributed by atoms with E-state index in [-0.39, 0.29) is 22.9 Å². The highest BCUT2D eigenvalue weighted by Crippen LogP contribution is 2.37. The topological polar surface area (TPSA) is 81.7 Å². The van der Waals surface area contributed by atoms with Crippen molar-refractivity contribution in [2.45, 2.75) is 52.0 Å². The molecule has 3 aromatic carbocycles. The smallest absolute Gasteiger partial charge is 0.336 e. The lowest BCUT2D eigenvalue weighted by atomic mass is 9.92. The fourth-order valence-corrected chi connectivity index (χ4v) is 5.06. The number of amides is 2. The van der Waals surface area contributed by atoms with Crippen molar-refractivity contribution in [1.82, 2.24) is 0 Å². The highest BCUT2D eigenvalue weighted by Gasteiger charge is 2.25. The van der Waals surface area contributed by atoms with Crippen LogP contribution in [0.15, 0.2) is 60.7 Å². The zero-order valence-electron chi connectivity index (χ0n) is 21.6.